The van der Waals surface area contributed by atoms with Gasteiger partial charge in [0.15, 0.2) is 0 Å². The third-order valence-electron chi connectivity index (χ3n) is 5.22. The number of hydrogen-bond acceptors (Lipinski definition) is 2. The number of thiocarbonyl (C=S) groups is 1. The Morgan fingerprint density at radius 1 is 1.21 bits per heavy atom. The van der Waals surface area contributed by atoms with E-state index in [1.807, 2.05) is 0 Å². The van der Waals surface area contributed by atoms with Crippen molar-refractivity contribution in [2.24, 2.45) is 17.1 Å². The van der Waals surface area contributed by atoms with E-state index in [1.54, 1.807) is 0 Å². The Balaban J connectivity index is 2.22. The van der Waals surface area contributed by atoms with Gasteiger partial charge in [0.1, 0.15) is 0 Å². The number of piperidine rings is 1. The predicted molar refractivity (Wildman–Crippen MR) is 81.9 cm³/mol. The molecule has 1 heterocycles. The van der Waals surface area contributed by atoms with Crippen molar-refractivity contribution in [2.75, 3.05) is 6.54 Å². The van der Waals surface area contributed by atoms with Gasteiger partial charge in [-0.3, -0.25) is 4.79 Å². The van der Waals surface area contributed by atoms with Gasteiger partial charge in [-0.15, -0.1) is 0 Å². The number of carbonyl (C=O) groups is 1. The van der Waals surface area contributed by atoms with Gasteiger partial charge in [0, 0.05) is 12.6 Å². The fourth-order valence-corrected chi connectivity index (χ4v) is 3.91. The van der Waals surface area contributed by atoms with Gasteiger partial charge in [0.05, 0.1) is 10.4 Å². The monoisotopic (exact) mass is 282 g/mol. The van der Waals surface area contributed by atoms with E-state index >= 15 is 0 Å². The molecule has 0 radical (unpaired) electrons. The summed E-state index contributed by atoms with van der Waals surface area (Å²) in [5, 5.41) is 0. The number of carbonyl (C=O) groups excluding carboxylic acids is 1. The number of nitrogens with two attached hydrogens (primary N) is 1. The number of nitrogens with zero attached hydrogens (tertiary/aromatic N) is 1. The summed E-state index contributed by atoms with van der Waals surface area (Å²) in [6.07, 6.45) is 7.35. The second-order valence-corrected chi connectivity index (χ2v) is 6.81. The molecule has 0 bridgehead atoms. The maximum Gasteiger partial charge on any atom is 0.235 e. The molecule has 19 heavy (non-hydrogen) atoms. The number of likely N-dealkylation sites (tertiary alicyclic amines) is 1. The van der Waals surface area contributed by atoms with E-state index in [9.17, 15) is 4.79 Å². The van der Waals surface area contributed by atoms with Crippen LogP contribution < -0.4 is 5.73 Å². The van der Waals surface area contributed by atoms with E-state index in [-0.39, 0.29) is 5.91 Å². The van der Waals surface area contributed by atoms with Crippen LogP contribution in [0.2, 0.25) is 0 Å². The lowest BCUT2D eigenvalue weighted by Gasteiger charge is -2.45. The summed E-state index contributed by atoms with van der Waals surface area (Å²) in [4.78, 5) is 15.5. The zero-order valence-electron chi connectivity index (χ0n) is 12.2. The maximum absolute atomic E-state index is 13.0. The standard InChI is InChI=1S/C15H26N2OS/c1-11-7-6-10-17(12(11)2)14(18)15(13(16)19)8-4-3-5-9-15/h11-12H,3-10H2,1-2H3,(H2,16,19). The molecular weight excluding hydrogens is 256 g/mol. The molecule has 2 aliphatic rings. The minimum absolute atomic E-state index is 0.207. The molecule has 1 saturated heterocycles. The fourth-order valence-electron chi connectivity index (χ4n) is 3.62. The summed E-state index contributed by atoms with van der Waals surface area (Å²) in [5.41, 5.74) is 5.43. The van der Waals surface area contributed by atoms with Crippen molar-refractivity contribution in [1.29, 1.82) is 0 Å². The summed E-state index contributed by atoms with van der Waals surface area (Å²) >= 11 is 5.27. The van der Waals surface area contributed by atoms with Crippen LogP contribution in [0.25, 0.3) is 0 Å². The van der Waals surface area contributed by atoms with Gasteiger partial charge in [-0.2, -0.15) is 0 Å². The van der Waals surface area contributed by atoms with Gasteiger partial charge in [-0.05, 0) is 38.5 Å². The Kier molecular flexibility index (Phi) is 4.49. The Morgan fingerprint density at radius 3 is 2.42 bits per heavy atom. The SMILES string of the molecule is CC1CCCN(C(=O)C2(C(N)=S)CCCCC2)C1C. The topological polar surface area (TPSA) is 46.3 Å². The lowest BCUT2D eigenvalue weighted by Crippen LogP contribution is -2.56. The zero-order valence-corrected chi connectivity index (χ0v) is 13.0. The van der Waals surface area contributed by atoms with Crippen molar-refractivity contribution < 1.29 is 4.79 Å². The van der Waals surface area contributed by atoms with Crippen LogP contribution in [0.3, 0.4) is 0 Å². The van der Waals surface area contributed by atoms with Crippen molar-refractivity contribution in [2.45, 2.75) is 64.8 Å². The highest BCUT2D eigenvalue weighted by molar-refractivity contribution is 7.80. The van der Waals surface area contributed by atoms with E-state index in [0.717, 1.165) is 38.6 Å². The lowest BCUT2D eigenvalue weighted by molar-refractivity contribution is -0.144. The van der Waals surface area contributed by atoms with Crippen LogP contribution in [0.1, 0.15) is 58.8 Å². The first kappa shape index (κ1) is 14.8. The minimum Gasteiger partial charge on any atom is -0.392 e. The van der Waals surface area contributed by atoms with Gasteiger partial charge < -0.3 is 10.6 Å². The molecule has 1 aliphatic carbocycles. The molecule has 3 nitrogen and oxygen atoms in total. The summed E-state index contributed by atoms with van der Waals surface area (Å²) in [6, 6.07) is 0.314. The van der Waals surface area contributed by atoms with Crippen molar-refractivity contribution in [3.63, 3.8) is 0 Å². The Morgan fingerprint density at radius 2 is 1.84 bits per heavy atom. The molecule has 4 heteroatoms. The van der Waals surface area contributed by atoms with Crippen LogP contribution in [-0.2, 0) is 4.79 Å². The molecule has 0 aromatic heterocycles. The summed E-state index contributed by atoms with van der Waals surface area (Å²) < 4.78 is 0. The number of amides is 1. The third kappa shape index (κ3) is 2.64. The van der Waals surface area contributed by atoms with Crippen molar-refractivity contribution in [3.05, 3.63) is 0 Å². The Bertz CT molecular complexity index is 363. The van der Waals surface area contributed by atoms with Gasteiger partial charge in [0.2, 0.25) is 5.91 Å². The quantitative estimate of drug-likeness (QED) is 0.792. The molecular formula is C15H26N2OS. The number of hydrogen-bond donors (Lipinski definition) is 1. The Labute approximate surface area is 121 Å². The lowest BCUT2D eigenvalue weighted by atomic mass is 9.72. The van der Waals surface area contributed by atoms with E-state index < -0.39 is 5.41 Å². The van der Waals surface area contributed by atoms with Crippen LogP contribution >= 0.6 is 12.2 Å². The van der Waals surface area contributed by atoms with E-state index in [2.05, 4.69) is 18.7 Å². The highest BCUT2D eigenvalue weighted by atomic mass is 32.1. The first-order valence-electron chi connectivity index (χ1n) is 7.60. The summed E-state index contributed by atoms with van der Waals surface area (Å²) in [7, 11) is 0. The first-order valence-corrected chi connectivity index (χ1v) is 8.01. The minimum atomic E-state index is -0.543. The second kappa shape index (κ2) is 5.78. The van der Waals surface area contributed by atoms with Gasteiger partial charge in [-0.25, -0.2) is 0 Å². The molecule has 2 fully saturated rings. The van der Waals surface area contributed by atoms with Crippen LogP contribution in [0.5, 0.6) is 0 Å². The molecule has 0 aromatic carbocycles. The summed E-state index contributed by atoms with van der Waals surface area (Å²) in [5.74, 6) is 0.781. The number of rotatable bonds is 2. The van der Waals surface area contributed by atoms with E-state index in [1.165, 1.54) is 12.8 Å². The van der Waals surface area contributed by atoms with Crippen LogP contribution in [-0.4, -0.2) is 28.4 Å². The van der Waals surface area contributed by atoms with Gasteiger partial charge >= 0.3 is 0 Å². The van der Waals surface area contributed by atoms with Crippen LogP contribution in [0.15, 0.2) is 0 Å². The second-order valence-electron chi connectivity index (χ2n) is 6.37. The molecule has 2 rings (SSSR count). The molecule has 2 atom stereocenters. The smallest absolute Gasteiger partial charge is 0.235 e. The zero-order chi connectivity index (χ0) is 14.0. The molecule has 1 aliphatic heterocycles. The average Bonchev–Trinajstić information content (AvgIpc) is 2.41. The fraction of sp³-hybridized carbons (Fsp3) is 0.867. The summed E-state index contributed by atoms with van der Waals surface area (Å²) in [6.45, 7) is 5.27. The molecule has 1 amide bonds. The molecule has 108 valence electrons. The van der Waals surface area contributed by atoms with Crippen molar-refractivity contribution in [3.8, 4) is 0 Å². The highest BCUT2D eigenvalue weighted by Gasteiger charge is 2.46. The molecule has 2 unspecified atom stereocenters. The van der Waals surface area contributed by atoms with E-state index in [0.29, 0.717) is 16.9 Å². The first-order chi connectivity index (χ1) is 8.99. The molecule has 0 aromatic rings. The highest BCUT2D eigenvalue weighted by Crippen LogP contribution is 2.40. The average molecular weight is 282 g/mol. The molecule has 0 spiro atoms. The largest absolute Gasteiger partial charge is 0.392 e. The third-order valence-corrected chi connectivity index (χ3v) is 5.61. The van der Waals surface area contributed by atoms with Crippen molar-refractivity contribution in [1.82, 2.24) is 4.90 Å². The van der Waals surface area contributed by atoms with Crippen LogP contribution in [0, 0.1) is 11.3 Å². The van der Waals surface area contributed by atoms with Crippen LogP contribution in [0.4, 0.5) is 0 Å². The molecule has 1 saturated carbocycles. The normalized spacial score (nSPS) is 30.9. The maximum atomic E-state index is 13.0. The van der Waals surface area contributed by atoms with E-state index in [4.69, 9.17) is 18.0 Å². The predicted octanol–water partition coefficient (Wildman–Crippen LogP) is 2.87. The van der Waals surface area contributed by atoms with Crippen molar-refractivity contribution >= 4 is 23.1 Å². The Hall–Kier alpha value is -0.640. The van der Waals surface area contributed by atoms with Gasteiger partial charge in [-0.1, -0.05) is 38.4 Å². The molecule has 2 N–H and O–H groups in total. The van der Waals surface area contributed by atoms with Gasteiger partial charge in [0.25, 0.3) is 0 Å².